The Kier molecular flexibility index (Phi) is 8.28. The number of anilines is 1. The molecule has 0 saturated carbocycles. The monoisotopic (exact) mass is 488 g/mol. The third kappa shape index (κ3) is 6.69. The maximum Gasteiger partial charge on any atom is 0.251 e. The first-order valence-electron chi connectivity index (χ1n) is 12.0. The van der Waals surface area contributed by atoms with Crippen LogP contribution in [0.5, 0.6) is 0 Å². The minimum atomic E-state index is -0.349. The zero-order chi connectivity index (χ0) is 25.3. The lowest BCUT2D eigenvalue weighted by Gasteiger charge is -2.36. The highest BCUT2D eigenvalue weighted by atomic mass is 19.1. The van der Waals surface area contributed by atoms with Crippen LogP contribution >= 0.6 is 0 Å². The molecule has 2 N–H and O–H groups in total. The molecule has 0 radical (unpaired) electrons. The van der Waals surface area contributed by atoms with Crippen LogP contribution < -0.4 is 15.5 Å². The fourth-order valence-electron chi connectivity index (χ4n) is 4.10. The molecule has 1 fully saturated rings. The highest BCUT2D eigenvalue weighted by molar-refractivity contribution is 5.96. The molecule has 0 spiro atoms. The van der Waals surface area contributed by atoms with Crippen molar-refractivity contribution in [1.82, 2.24) is 15.5 Å². The number of hydrogen-bond donors (Lipinski definition) is 2. The van der Waals surface area contributed by atoms with E-state index in [2.05, 4.69) is 15.5 Å². The van der Waals surface area contributed by atoms with E-state index in [9.17, 15) is 18.8 Å². The van der Waals surface area contributed by atoms with Crippen molar-refractivity contribution < 1.29 is 18.8 Å². The quantitative estimate of drug-likeness (QED) is 0.511. The lowest BCUT2D eigenvalue weighted by molar-refractivity contribution is -0.131. The predicted molar refractivity (Wildman–Crippen MR) is 137 cm³/mol. The molecule has 8 heteroatoms. The van der Waals surface area contributed by atoms with Gasteiger partial charge < -0.3 is 20.4 Å². The van der Waals surface area contributed by atoms with Crippen LogP contribution in [0, 0.1) is 5.82 Å². The Morgan fingerprint density at radius 1 is 0.750 bits per heavy atom. The van der Waals surface area contributed by atoms with E-state index in [1.165, 1.54) is 12.1 Å². The third-order valence-electron chi connectivity index (χ3n) is 6.15. The molecule has 1 heterocycles. The lowest BCUT2D eigenvalue weighted by Crippen LogP contribution is -2.49. The molecule has 1 aliphatic rings. The molecule has 0 atom stereocenters. The van der Waals surface area contributed by atoms with Crippen molar-refractivity contribution in [3.8, 4) is 11.1 Å². The van der Waals surface area contributed by atoms with Crippen molar-refractivity contribution in [3.63, 3.8) is 0 Å². The molecule has 3 amide bonds. The van der Waals surface area contributed by atoms with Gasteiger partial charge in [0.2, 0.25) is 11.8 Å². The number of nitrogens with zero attached hydrogens (tertiary/aromatic N) is 2. The zero-order valence-corrected chi connectivity index (χ0v) is 20.0. The van der Waals surface area contributed by atoms with E-state index in [1.807, 2.05) is 42.5 Å². The average Bonchev–Trinajstić information content (AvgIpc) is 2.93. The normalized spacial score (nSPS) is 13.2. The summed E-state index contributed by atoms with van der Waals surface area (Å²) in [5.74, 6) is -0.985. The number of benzene rings is 3. The standard InChI is InChI=1S/C28H29FN4O3/c29-24-10-12-25(13-11-24)32-16-18-33(19-17-32)27(35)14-15-30-26(34)20-31-28(36)23-8-6-22(7-9-23)21-4-2-1-3-5-21/h1-13H,14-20H2,(H,30,34)(H,31,36). The number of rotatable bonds is 8. The summed E-state index contributed by atoms with van der Waals surface area (Å²) in [6.45, 7) is 2.53. The number of carbonyl (C=O) groups is 3. The number of amides is 3. The second-order valence-electron chi connectivity index (χ2n) is 8.57. The van der Waals surface area contributed by atoms with E-state index in [0.717, 1.165) is 16.8 Å². The van der Waals surface area contributed by atoms with Crippen molar-refractivity contribution in [2.45, 2.75) is 6.42 Å². The van der Waals surface area contributed by atoms with Gasteiger partial charge in [0.15, 0.2) is 0 Å². The maximum absolute atomic E-state index is 13.1. The number of halogens is 1. The summed E-state index contributed by atoms with van der Waals surface area (Å²) >= 11 is 0. The van der Waals surface area contributed by atoms with E-state index < -0.39 is 0 Å². The molecular weight excluding hydrogens is 459 g/mol. The zero-order valence-electron chi connectivity index (χ0n) is 20.0. The Labute approximate surface area is 209 Å². The van der Waals surface area contributed by atoms with Gasteiger partial charge in [-0.15, -0.1) is 0 Å². The maximum atomic E-state index is 13.1. The van der Waals surface area contributed by atoms with Crippen LogP contribution in [0.2, 0.25) is 0 Å². The summed E-state index contributed by atoms with van der Waals surface area (Å²) in [4.78, 5) is 40.8. The Bertz CT molecular complexity index is 1180. The van der Waals surface area contributed by atoms with Gasteiger partial charge >= 0.3 is 0 Å². The molecule has 0 aliphatic carbocycles. The number of piperazine rings is 1. The van der Waals surface area contributed by atoms with E-state index >= 15 is 0 Å². The van der Waals surface area contributed by atoms with Gasteiger partial charge in [-0.2, -0.15) is 0 Å². The minimum absolute atomic E-state index is 0.0309. The first-order valence-corrected chi connectivity index (χ1v) is 12.0. The summed E-state index contributed by atoms with van der Waals surface area (Å²) < 4.78 is 13.1. The smallest absolute Gasteiger partial charge is 0.251 e. The highest BCUT2D eigenvalue weighted by Gasteiger charge is 2.21. The molecule has 36 heavy (non-hydrogen) atoms. The number of carbonyl (C=O) groups excluding carboxylic acids is 3. The largest absolute Gasteiger partial charge is 0.368 e. The molecule has 1 aliphatic heterocycles. The van der Waals surface area contributed by atoms with Crippen LogP contribution in [0.4, 0.5) is 10.1 Å². The first kappa shape index (κ1) is 24.9. The molecular formula is C28H29FN4O3. The minimum Gasteiger partial charge on any atom is -0.368 e. The van der Waals surface area contributed by atoms with E-state index in [-0.39, 0.29) is 43.0 Å². The summed E-state index contributed by atoms with van der Waals surface area (Å²) in [5, 5.41) is 5.29. The van der Waals surface area contributed by atoms with Crippen molar-refractivity contribution in [2.24, 2.45) is 0 Å². The van der Waals surface area contributed by atoms with Gasteiger partial charge in [0.05, 0.1) is 6.54 Å². The Morgan fingerprint density at radius 2 is 1.39 bits per heavy atom. The molecule has 1 saturated heterocycles. The summed E-state index contributed by atoms with van der Waals surface area (Å²) in [7, 11) is 0. The van der Waals surface area contributed by atoms with Gasteiger partial charge in [0, 0.05) is 50.4 Å². The third-order valence-corrected chi connectivity index (χ3v) is 6.15. The molecule has 7 nitrogen and oxygen atoms in total. The van der Waals surface area contributed by atoms with Gasteiger partial charge in [-0.25, -0.2) is 4.39 Å². The number of hydrogen-bond acceptors (Lipinski definition) is 4. The second-order valence-corrected chi connectivity index (χ2v) is 8.57. The molecule has 3 aromatic carbocycles. The SMILES string of the molecule is O=C(CNC(=O)c1ccc(-c2ccccc2)cc1)NCCC(=O)N1CCN(c2ccc(F)cc2)CC1. The summed E-state index contributed by atoms with van der Waals surface area (Å²) in [5.41, 5.74) is 3.47. The van der Waals surface area contributed by atoms with E-state index in [0.29, 0.717) is 31.7 Å². The predicted octanol–water partition coefficient (Wildman–Crippen LogP) is 3.08. The van der Waals surface area contributed by atoms with Crippen molar-refractivity contribution >= 4 is 23.4 Å². The lowest BCUT2D eigenvalue weighted by atomic mass is 10.0. The van der Waals surface area contributed by atoms with Crippen LogP contribution in [0.15, 0.2) is 78.9 Å². The molecule has 0 unspecified atom stereocenters. The van der Waals surface area contributed by atoms with Crippen LogP contribution in [-0.4, -0.2) is 61.9 Å². The van der Waals surface area contributed by atoms with Gasteiger partial charge in [-0.3, -0.25) is 14.4 Å². The van der Waals surface area contributed by atoms with Crippen LogP contribution in [0.3, 0.4) is 0 Å². The van der Waals surface area contributed by atoms with E-state index in [1.54, 1.807) is 29.2 Å². The first-order chi connectivity index (χ1) is 17.5. The number of nitrogens with one attached hydrogen (secondary N) is 2. The Balaban J connectivity index is 1.13. The van der Waals surface area contributed by atoms with Crippen LogP contribution in [0.25, 0.3) is 11.1 Å². The summed E-state index contributed by atoms with van der Waals surface area (Å²) in [6.07, 6.45) is 0.192. The van der Waals surface area contributed by atoms with Gasteiger partial charge in [-0.05, 0) is 47.5 Å². The Morgan fingerprint density at radius 3 is 2.06 bits per heavy atom. The molecule has 0 bridgehead atoms. The highest BCUT2D eigenvalue weighted by Crippen LogP contribution is 2.19. The molecule has 186 valence electrons. The average molecular weight is 489 g/mol. The fraction of sp³-hybridized carbons (Fsp3) is 0.250. The van der Waals surface area contributed by atoms with Crippen molar-refractivity contribution in [1.29, 1.82) is 0 Å². The van der Waals surface area contributed by atoms with Gasteiger partial charge in [0.25, 0.3) is 5.91 Å². The van der Waals surface area contributed by atoms with Gasteiger partial charge in [0.1, 0.15) is 5.82 Å². The second kappa shape index (κ2) is 12.0. The van der Waals surface area contributed by atoms with Crippen LogP contribution in [0.1, 0.15) is 16.8 Å². The molecule has 3 aromatic rings. The topological polar surface area (TPSA) is 81.8 Å². The fourth-order valence-corrected chi connectivity index (χ4v) is 4.10. The van der Waals surface area contributed by atoms with Gasteiger partial charge in [-0.1, -0.05) is 42.5 Å². The summed E-state index contributed by atoms with van der Waals surface area (Å²) in [6, 6.07) is 23.4. The van der Waals surface area contributed by atoms with Crippen molar-refractivity contribution in [2.75, 3.05) is 44.2 Å². The molecule has 4 rings (SSSR count). The van der Waals surface area contributed by atoms with Crippen LogP contribution in [-0.2, 0) is 9.59 Å². The Hall–Kier alpha value is -4.20. The van der Waals surface area contributed by atoms with E-state index in [4.69, 9.17) is 0 Å². The van der Waals surface area contributed by atoms with Crippen molar-refractivity contribution in [3.05, 3.63) is 90.2 Å². The molecule has 0 aromatic heterocycles.